The van der Waals surface area contributed by atoms with Crippen LogP contribution in [0.5, 0.6) is 17.2 Å². The topological polar surface area (TPSA) is 65.1 Å². The SMILES string of the molecule is COc1cc(/C=C2\SC(=O)N(CCOc3ccccc3Cl)C2=O)cc(Cl)c1OCc1ccc(Br)cc1. The van der Waals surface area contributed by atoms with Gasteiger partial charge < -0.3 is 14.2 Å². The Kier molecular flexibility index (Phi) is 8.85. The van der Waals surface area contributed by atoms with Crippen LogP contribution in [0.3, 0.4) is 0 Å². The fraction of sp³-hybridized carbons (Fsp3) is 0.154. The highest BCUT2D eigenvalue weighted by Crippen LogP contribution is 2.39. The number of hydrogen-bond acceptors (Lipinski definition) is 6. The van der Waals surface area contributed by atoms with Crippen molar-refractivity contribution < 1.29 is 23.8 Å². The van der Waals surface area contributed by atoms with Crippen molar-refractivity contribution in [3.8, 4) is 17.2 Å². The number of benzene rings is 3. The van der Waals surface area contributed by atoms with E-state index in [1.807, 2.05) is 24.3 Å². The number of methoxy groups -OCH3 is 1. The van der Waals surface area contributed by atoms with Crippen LogP contribution in [0.2, 0.25) is 10.0 Å². The van der Waals surface area contributed by atoms with Crippen molar-refractivity contribution in [3.63, 3.8) is 0 Å². The lowest BCUT2D eigenvalue weighted by Crippen LogP contribution is -2.32. The number of ether oxygens (including phenoxy) is 3. The van der Waals surface area contributed by atoms with Crippen molar-refractivity contribution in [2.75, 3.05) is 20.3 Å². The van der Waals surface area contributed by atoms with Crippen molar-refractivity contribution in [2.45, 2.75) is 6.61 Å². The number of halogens is 3. The Hall–Kier alpha value is -2.65. The number of carbonyl (C=O) groups is 2. The fourth-order valence-corrected chi connectivity index (χ4v) is 4.95. The van der Waals surface area contributed by atoms with E-state index < -0.39 is 5.91 Å². The van der Waals surface area contributed by atoms with Gasteiger partial charge in [-0.05, 0) is 65.4 Å². The standard InChI is InChI=1S/C26H20BrCl2NO5S/c1-33-22-13-17(12-20(29)24(22)35-15-16-6-8-18(27)9-7-16)14-23-25(31)30(26(32)36-23)10-11-34-21-5-3-2-4-19(21)28/h2-9,12-14H,10-11,15H2,1H3/b23-14-. The van der Waals surface area contributed by atoms with E-state index >= 15 is 0 Å². The van der Waals surface area contributed by atoms with Crippen LogP contribution in [0.25, 0.3) is 6.08 Å². The third kappa shape index (κ3) is 6.37. The molecule has 0 N–H and O–H groups in total. The number of para-hydroxylation sites is 1. The van der Waals surface area contributed by atoms with Crippen molar-refractivity contribution in [1.82, 2.24) is 4.90 Å². The summed E-state index contributed by atoms with van der Waals surface area (Å²) >= 11 is 16.8. The second kappa shape index (κ2) is 12.1. The maximum absolute atomic E-state index is 12.9. The smallest absolute Gasteiger partial charge is 0.293 e. The van der Waals surface area contributed by atoms with Crippen LogP contribution in [-0.2, 0) is 11.4 Å². The molecule has 1 saturated heterocycles. The number of nitrogens with zero attached hydrogens (tertiary/aromatic N) is 1. The minimum Gasteiger partial charge on any atom is -0.493 e. The summed E-state index contributed by atoms with van der Waals surface area (Å²) in [7, 11) is 1.51. The van der Waals surface area contributed by atoms with Crippen LogP contribution < -0.4 is 14.2 Å². The molecule has 3 aromatic rings. The second-order valence-electron chi connectivity index (χ2n) is 7.56. The number of amides is 2. The normalized spacial score (nSPS) is 14.4. The molecule has 0 spiro atoms. The molecule has 3 aromatic carbocycles. The van der Waals surface area contributed by atoms with Crippen LogP contribution in [0, 0.1) is 0 Å². The highest BCUT2D eigenvalue weighted by atomic mass is 79.9. The zero-order chi connectivity index (χ0) is 25.7. The first kappa shape index (κ1) is 26.4. The molecule has 1 heterocycles. The van der Waals surface area contributed by atoms with Gasteiger partial charge in [-0.15, -0.1) is 0 Å². The molecule has 6 nitrogen and oxygen atoms in total. The number of thioether (sulfide) groups is 1. The van der Waals surface area contributed by atoms with Gasteiger partial charge in [-0.3, -0.25) is 14.5 Å². The van der Waals surface area contributed by atoms with Gasteiger partial charge in [0.1, 0.15) is 19.0 Å². The molecular formula is C26H20BrCl2NO5S. The maximum atomic E-state index is 12.9. The number of hydrogen-bond donors (Lipinski definition) is 0. The summed E-state index contributed by atoms with van der Waals surface area (Å²) in [5, 5.41) is 0.410. The molecule has 4 rings (SSSR count). The van der Waals surface area contributed by atoms with Gasteiger partial charge in [0.05, 0.1) is 28.6 Å². The highest BCUT2D eigenvalue weighted by molar-refractivity contribution is 9.10. The molecule has 0 atom stereocenters. The number of rotatable bonds is 9. The Labute approximate surface area is 231 Å². The maximum Gasteiger partial charge on any atom is 0.293 e. The van der Waals surface area contributed by atoms with Crippen LogP contribution in [0.1, 0.15) is 11.1 Å². The molecule has 0 aliphatic carbocycles. The van der Waals surface area contributed by atoms with Crippen molar-refractivity contribution in [1.29, 1.82) is 0 Å². The lowest BCUT2D eigenvalue weighted by molar-refractivity contribution is -0.123. The molecule has 1 aliphatic heterocycles. The molecule has 0 unspecified atom stereocenters. The van der Waals surface area contributed by atoms with Gasteiger partial charge in [-0.1, -0.05) is 63.4 Å². The molecular weight excluding hydrogens is 589 g/mol. The molecule has 36 heavy (non-hydrogen) atoms. The Morgan fingerprint density at radius 2 is 1.72 bits per heavy atom. The molecule has 186 valence electrons. The lowest BCUT2D eigenvalue weighted by atomic mass is 10.1. The summed E-state index contributed by atoms with van der Waals surface area (Å²) in [6.07, 6.45) is 1.60. The molecule has 0 radical (unpaired) electrons. The minimum atomic E-state index is -0.404. The number of carbonyl (C=O) groups excluding carboxylic acids is 2. The monoisotopic (exact) mass is 607 g/mol. The minimum absolute atomic E-state index is 0.0974. The molecule has 10 heteroatoms. The van der Waals surface area contributed by atoms with Gasteiger partial charge in [0, 0.05) is 4.47 Å². The Balaban J connectivity index is 1.44. The first-order chi connectivity index (χ1) is 17.4. The predicted molar refractivity (Wildman–Crippen MR) is 146 cm³/mol. The quantitative estimate of drug-likeness (QED) is 0.235. The highest BCUT2D eigenvalue weighted by Gasteiger charge is 2.35. The molecule has 0 bridgehead atoms. The Morgan fingerprint density at radius 1 is 0.972 bits per heavy atom. The van der Waals surface area contributed by atoms with E-state index in [1.54, 1.807) is 42.5 Å². The van der Waals surface area contributed by atoms with Crippen molar-refractivity contribution >= 4 is 68.1 Å². The van der Waals surface area contributed by atoms with Gasteiger partial charge in [0.2, 0.25) is 0 Å². The summed E-state index contributed by atoms with van der Waals surface area (Å²) in [5.74, 6) is 0.895. The van der Waals surface area contributed by atoms with Gasteiger partial charge in [0.15, 0.2) is 11.5 Å². The van der Waals surface area contributed by atoms with E-state index in [2.05, 4.69) is 15.9 Å². The first-order valence-electron chi connectivity index (χ1n) is 10.7. The van der Waals surface area contributed by atoms with Crippen LogP contribution in [0.15, 0.2) is 70.0 Å². The van der Waals surface area contributed by atoms with Gasteiger partial charge in [0.25, 0.3) is 11.1 Å². The average Bonchev–Trinajstić information content (AvgIpc) is 3.12. The summed E-state index contributed by atoms with van der Waals surface area (Å²) in [5.41, 5.74) is 1.57. The second-order valence-corrected chi connectivity index (χ2v) is 10.3. The summed E-state index contributed by atoms with van der Waals surface area (Å²) in [4.78, 5) is 26.7. The Bertz CT molecular complexity index is 1320. The van der Waals surface area contributed by atoms with Gasteiger partial charge in [-0.25, -0.2) is 0 Å². The molecule has 2 amide bonds. The molecule has 1 fully saturated rings. The van der Waals surface area contributed by atoms with E-state index in [9.17, 15) is 9.59 Å². The summed E-state index contributed by atoms with van der Waals surface area (Å²) < 4.78 is 18.0. The van der Waals surface area contributed by atoms with E-state index in [0.29, 0.717) is 39.5 Å². The zero-order valence-corrected chi connectivity index (χ0v) is 22.9. The third-order valence-corrected chi connectivity index (χ3v) is 7.16. The summed E-state index contributed by atoms with van der Waals surface area (Å²) in [6.45, 7) is 0.525. The van der Waals surface area contributed by atoms with Crippen LogP contribution in [0.4, 0.5) is 4.79 Å². The molecule has 0 aromatic heterocycles. The molecule has 0 saturated carbocycles. The first-order valence-corrected chi connectivity index (χ1v) is 13.1. The van der Waals surface area contributed by atoms with E-state index in [1.165, 1.54) is 7.11 Å². The molecule has 1 aliphatic rings. The largest absolute Gasteiger partial charge is 0.493 e. The number of imide groups is 1. The Morgan fingerprint density at radius 3 is 2.44 bits per heavy atom. The lowest BCUT2D eigenvalue weighted by Gasteiger charge is -2.14. The summed E-state index contributed by atoms with van der Waals surface area (Å²) in [6, 6.07) is 18.1. The van der Waals surface area contributed by atoms with Gasteiger partial charge in [-0.2, -0.15) is 0 Å². The average molecular weight is 609 g/mol. The fourth-order valence-electron chi connectivity index (χ4n) is 3.35. The predicted octanol–water partition coefficient (Wildman–Crippen LogP) is 7.46. The van der Waals surface area contributed by atoms with E-state index in [0.717, 1.165) is 26.7 Å². The van der Waals surface area contributed by atoms with Crippen LogP contribution in [-0.4, -0.2) is 36.3 Å². The van der Waals surface area contributed by atoms with E-state index in [4.69, 9.17) is 37.4 Å². The van der Waals surface area contributed by atoms with Crippen molar-refractivity contribution in [3.05, 3.63) is 91.2 Å². The third-order valence-electron chi connectivity index (χ3n) is 5.13. The zero-order valence-electron chi connectivity index (χ0n) is 19.0. The van der Waals surface area contributed by atoms with Gasteiger partial charge >= 0.3 is 0 Å². The van der Waals surface area contributed by atoms with Crippen LogP contribution >= 0.6 is 50.9 Å². The van der Waals surface area contributed by atoms with E-state index in [-0.39, 0.29) is 23.3 Å². The van der Waals surface area contributed by atoms with Crippen molar-refractivity contribution in [2.24, 2.45) is 0 Å².